The summed E-state index contributed by atoms with van der Waals surface area (Å²) in [6, 6.07) is 8.55. The van der Waals surface area contributed by atoms with Crippen LogP contribution in [-0.4, -0.2) is 39.9 Å². The van der Waals surface area contributed by atoms with Crippen molar-refractivity contribution in [1.82, 2.24) is 14.7 Å². The lowest BCUT2D eigenvalue weighted by atomic mass is 10.1. The second-order valence-electron chi connectivity index (χ2n) is 5.84. The Morgan fingerprint density at radius 3 is 2.72 bits per heavy atom. The third-order valence-corrected chi connectivity index (χ3v) is 4.42. The summed E-state index contributed by atoms with van der Waals surface area (Å²) in [6.07, 6.45) is 2.89. The van der Waals surface area contributed by atoms with Gasteiger partial charge in [-0.2, -0.15) is 5.10 Å². The molecule has 0 radical (unpaired) electrons. The standard InChI is InChI=1S/C17H19ClN4O3/c1-21-16(23)14(6-9-19-21)20-17(24)22-10-7-12(8-11-22)25-15-5-3-2-4-13(15)18/h2-6,9,12H,7-8,10-11H2,1H3,(H,20,24). The Labute approximate surface area is 150 Å². The fraction of sp³-hybridized carbons (Fsp3) is 0.353. The number of benzene rings is 1. The molecular formula is C17H19ClN4O3. The second-order valence-corrected chi connectivity index (χ2v) is 6.25. The topological polar surface area (TPSA) is 76.5 Å². The van der Waals surface area contributed by atoms with Crippen molar-refractivity contribution in [1.29, 1.82) is 0 Å². The third kappa shape index (κ3) is 4.11. The average molecular weight is 363 g/mol. The highest BCUT2D eigenvalue weighted by molar-refractivity contribution is 6.32. The third-order valence-electron chi connectivity index (χ3n) is 4.11. The fourth-order valence-electron chi connectivity index (χ4n) is 2.69. The monoisotopic (exact) mass is 362 g/mol. The zero-order chi connectivity index (χ0) is 17.8. The Morgan fingerprint density at radius 1 is 1.28 bits per heavy atom. The molecule has 8 heteroatoms. The molecule has 0 bridgehead atoms. The molecule has 7 nitrogen and oxygen atoms in total. The van der Waals surface area contributed by atoms with Gasteiger partial charge in [0.2, 0.25) is 0 Å². The lowest BCUT2D eigenvalue weighted by Crippen LogP contribution is -2.44. The number of urea groups is 1. The highest BCUT2D eigenvalue weighted by Crippen LogP contribution is 2.26. The first-order chi connectivity index (χ1) is 12.0. The van der Waals surface area contributed by atoms with Gasteiger partial charge in [-0.05, 0) is 18.2 Å². The van der Waals surface area contributed by atoms with Gasteiger partial charge in [0.25, 0.3) is 5.56 Å². The summed E-state index contributed by atoms with van der Waals surface area (Å²) in [4.78, 5) is 25.9. The minimum atomic E-state index is -0.340. The van der Waals surface area contributed by atoms with Gasteiger partial charge >= 0.3 is 6.03 Å². The van der Waals surface area contributed by atoms with E-state index in [0.717, 1.165) is 0 Å². The molecule has 0 unspecified atom stereocenters. The Balaban J connectivity index is 1.55. The van der Waals surface area contributed by atoms with Gasteiger partial charge in [0.15, 0.2) is 0 Å². The Kier molecular flexibility index (Phi) is 5.23. The maximum absolute atomic E-state index is 12.3. The number of nitrogens with zero attached hydrogens (tertiary/aromatic N) is 3. The number of aromatic nitrogens is 2. The van der Waals surface area contributed by atoms with Crippen LogP contribution in [0, 0.1) is 0 Å². The van der Waals surface area contributed by atoms with Crippen molar-refractivity contribution in [3.63, 3.8) is 0 Å². The van der Waals surface area contributed by atoms with E-state index in [1.165, 1.54) is 24.0 Å². The number of hydrogen-bond donors (Lipinski definition) is 1. The molecule has 1 saturated heterocycles. The molecular weight excluding hydrogens is 344 g/mol. The van der Waals surface area contributed by atoms with Gasteiger partial charge in [0, 0.05) is 39.2 Å². The molecule has 0 aliphatic carbocycles. The number of para-hydroxylation sites is 1. The highest BCUT2D eigenvalue weighted by atomic mass is 35.5. The number of halogens is 1. The molecule has 0 saturated carbocycles. The molecule has 1 aromatic carbocycles. The number of carbonyl (C=O) groups excluding carboxylic acids is 1. The van der Waals surface area contributed by atoms with Gasteiger partial charge in [-0.1, -0.05) is 23.7 Å². The van der Waals surface area contributed by atoms with E-state index in [9.17, 15) is 9.59 Å². The first-order valence-electron chi connectivity index (χ1n) is 8.04. The van der Waals surface area contributed by atoms with E-state index in [1.807, 2.05) is 18.2 Å². The summed E-state index contributed by atoms with van der Waals surface area (Å²) in [5.74, 6) is 0.660. The molecule has 2 aromatic rings. The zero-order valence-corrected chi connectivity index (χ0v) is 14.6. The number of hydrogen-bond acceptors (Lipinski definition) is 4. The minimum Gasteiger partial charge on any atom is -0.489 e. The van der Waals surface area contributed by atoms with Crippen molar-refractivity contribution in [2.24, 2.45) is 7.05 Å². The van der Waals surface area contributed by atoms with Crippen LogP contribution < -0.4 is 15.6 Å². The fourth-order valence-corrected chi connectivity index (χ4v) is 2.87. The van der Waals surface area contributed by atoms with Crippen LogP contribution in [0.3, 0.4) is 0 Å². The molecule has 132 valence electrons. The van der Waals surface area contributed by atoms with Gasteiger partial charge in [-0.25, -0.2) is 9.48 Å². The number of carbonyl (C=O) groups is 1. The predicted molar refractivity (Wildman–Crippen MR) is 95.2 cm³/mol. The van der Waals surface area contributed by atoms with Crippen LogP contribution in [-0.2, 0) is 7.05 Å². The van der Waals surface area contributed by atoms with Crippen LogP contribution in [0.15, 0.2) is 41.3 Å². The molecule has 2 amide bonds. The van der Waals surface area contributed by atoms with E-state index in [1.54, 1.807) is 11.0 Å². The SMILES string of the molecule is Cn1nccc(NC(=O)N2CCC(Oc3ccccc3Cl)CC2)c1=O. The molecule has 1 aromatic heterocycles. The summed E-state index contributed by atoms with van der Waals surface area (Å²) in [5.41, 5.74) is -0.121. The Morgan fingerprint density at radius 2 is 2.00 bits per heavy atom. The van der Waals surface area contributed by atoms with Crippen LogP contribution >= 0.6 is 11.6 Å². The molecule has 0 atom stereocenters. The normalized spacial score (nSPS) is 15.0. The van der Waals surface area contributed by atoms with Crippen molar-refractivity contribution in [2.75, 3.05) is 18.4 Å². The van der Waals surface area contributed by atoms with Crippen molar-refractivity contribution in [3.8, 4) is 5.75 Å². The number of nitrogens with one attached hydrogen (secondary N) is 1. The van der Waals surface area contributed by atoms with E-state index in [2.05, 4.69) is 10.4 Å². The van der Waals surface area contributed by atoms with Crippen molar-refractivity contribution >= 4 is 23.3 Å². The molecule has 1 aliphatic heterocycles. The van der Waals surface area contributed by atoms with Gasteiger partial charge in [-0.15, -0.1) is 0 Å². The average Bonchev–Trinajstić information content (AvgIpc) is 2.61. The number of rotatable bonds is 3. The number of likely N-dealkylation sites (tertiary alicyclic amines) is 1. The van der Waals surface area contributed by atoms with Crippen molar-refractivity contribution in [3.05, 3.63) is 51.9 Å². The van der Waals surface area contributed by atoms with E-state index in [0.29, 0.717) is 36.7 Å². The molecule has 2 heterocycles. The largest absolute Gasteiger partial charge is 0.489 e. The van der Waals surface area contributed by atoms with E-state index in [4.69, 9.17) is 16.3 Å². The second kappa shape index (κ2) is 7.57. The quantitative estimate of drug-likeness (QED) is 0.910. The van der Waals surface area contributed by atoms with Crippen LogP contribution in [0.1, 0.15) is 12.8 Å². The molecule has 1 fully saturated rings. The van der Waals surface area contributed by atoms with Gasteiger partial charge in [0.1, 0.15) is 17.5 Å². The summed E-state index contributed by atoms with van der Waals surface area (Å²) in [7, 11) is 1.54. The smallest absolute Gasteiger partial charge is 0.321 e. The predicted octanol–water partition coefficient (Wildman–Crippen LogP) is 2.51. The van der Waals surface area contributed by atoms with E-state index in [-0.39, 0.29) is 23.4 Å². The van der Waals surface area contributed by atoms with Gasteiger partial charge in [0.05, 0.1) is 5.02 Å². The first-order valence-corrected chi connectivity index (χ1v) is 8.42. The maximum atomic E-state index is 12.3. The van der Waals surface area contributed by atoms with Crippen molar-refractivity contribution in [2.45, 2.75) is 18.9 Å². The number of ether oxygens (including phenoxy) is 1. The van der Waals surface area contributed by atoms with E-state index < -0.39 is 0 Å². The summed E-state index contributed by atoms with van der Waals surface area (Å²) in [6.45, 7) is 1.10. The van der Waals surface area contributed by atoms with Crippen LogP contribution in [0.4, 0.5) is 10.5 Å². The number of anilines is 1. The van der Waals surface area contributed by atoms with Crippen LogP contribution in [0.5, 0.6) is 5.75 Å². The number of aryl methyl sites for hydroxylation is 1. The van der Waals surface area contributed by atoms with Gasteiger partial charge in [-0.3, -0.25) is 4.79 Å². The summed E-state index contributed by atoms with van der Waals surface area (Å²) < 4.78 is 7.10. The van der Waals surface area contributed by atoms with Crippen LogP contribution in [0.25, 0.3) is 0 Å². The minimum absolute atomic E-state index is 0.0118. The number of piperidine rings is 1. The highest BCUT2D eigenvalue weighted by Gasteiger charge is 2.25. The van der Waals surface area contributed by atoms with Crippen LogP contribution in [0.2, 0.25) is 5.02 Å². The van der Waals surface area contributed by atoms with E-state index >= 15 is 0 Å². The lowest BCUT2D eigenvalue weighted by molar-refractivity contribution is 0.115. The lowest BCUT2D eigenvalue weighted by Gasteiger charge is -2.32. The molecule has 1 N–H and O–H groups in total. The molecule has 0 spiro atoms. The summed E-state index contributed by atoms with van der Waals surface area (Å²) in [5, 5.41) is 7.05. The number of amides is 2. The van der Waals surface area contributed by atoms with Gasteiger partial charge < -0.3 is 15.0 Å². The van der Waals surface area contributed by atoms with Crippen molar-refractivity contribution < 1.29 is 9.53 Å². The maximum Gasteiger partial charge on any atom is 0.321 e. The summed E-state index contributed by atoms with van der Waals surface area (Å²) >= 11 is 6.10. The zero-order valence-electron chi connectivity index (χ0n) is 13.8. The Bertz CT molecular complexity index is 816. The molecule has 1 aliphatic rings. The first kappa shape index (κ1) is 17.3. The molecule has 25 heavy (non-hydrogen) atoms. The molecule has 3 rings (SSSR count). The Hall–Kier alpha value is -2.54.